The van der Waals surface area contributed by atoms with E-state index in [1.807, 2.05) is 6.92 Å². The molecule has 2 rings (SSSR count). The van der Waals surface area contributed by atoms with E-state index in [-0.39, 0.29) is 6.04 Å². The van der Waals surface area contributed by atoms with Crippen molar-refractivity contribution in [3.8, 4) is 0 Å². The van der Waals surface area contributed by atoms with Gasteiger partial charge in [0.15, 0.2) is 11.5 Å². The second-order valence-electron chi connectivity index (χ2n) is 3.69. The van der Waals surface area contributed by atoms with E-state index >= 15 is 0 Å². The number of nitrogens with zero attached hydrogens (tertiary/aromatic N) is 3. The van der Waals surface area contributed by atoms with Crippen LogP contribution in [0.4, 0.5) is 0 Å². The number of aromatic nitrogens is 3. The van der Waals surface area contributed by atoms with Crippen LogP contribution in [0.25, 0.3) is 5.65 Å². The SMILES string of the molecule is CC(N)CCc1nc2cc(Cl)ccn2n1. The number of rotatable bonds is 3. The van der Waals surface area contributed by atoms with Crippen LogP contribution in [0.2, 0.25) is 5.02 Å². The molecule has 80 valence electrons. The minimum absolute atomic E-state index is 0.181. The summed E-state index contributed by atoms with van der Waals surface area (Å²) in [7, 11) is 0. The highest BCUT2D eigenvalue weighted by atomic mass is 35.5. The molecule has 0 aliphatic carbocycles. The lowest BCUT2D eigenvalue weighted by Crippen LogP contribution is -2.15. The summed E-state index contributed by atoms with van der Waals surface area (Å²) < 4.78 is 1.72. The van der Waals surface area contributed by atoms with Gasteiger partial charge in [-0.05, 0) is 19.4 Å². The van der Waals surface area contributed by atoms with Gasteiger partial charge in [-0.2, -0.15) is 5.10 Å². The molecule has 2 aromatic heterocycles. The molecular formula is C10H13ClN4. The number of aryl methyl sites for hydroxylation is 1. The van der Waals surface area contributed by atoms with Gasteiger partial charge in [-0.25, -0.2) is 9.50 Å². The zero-order valence-corrected chi connectivity index (χ0v) is 9.28. The lowest BCUT2D eigenvalue weighted by molar-refractivity contribution is 0.647. The Kier molecular flexibility index (Phi) is 2.88. The average Bonchev–Trinajstić information content (AvgIpc) is 2.56. The van der Waals surface area contributed by atoms with Gasteiger partial charge in [-0.3, -0.25) is 0 Å². The summed E-state index contributed by atoms with van der Waals surface area (Å²) in [5.74, 6) is 0.814. The normalized spacial score (nSPS) is 13.3. The molecule has 0 saturated heterocycles. The van der Waals surface area contributed by atoms with Crippen molar-refractivity contribution in [2.24, 2.45) is 5.73 Å². The van der Waals surface area contributed by atoms with E-state index in [0.29, 0.717) is 5.02 Å². The first-order valence-corrected chi connectivity index (χ1v) is 5.29. The van der Waals surface area contributed by atoms with E-state index in [1.165, 1.54) is 0 Å². The molecule has 1 atom stereocenters. The highest BCUT2D eigenvalue weighted by molar-refractivity contribution is 6.30. The minimum Gasteiger partial charge on any atom is -0.328 e. The Bertz CT molecular complexity index is 463. The molecule has 0 amide bonds. The number of fused-ring (bicyclic) bond motifs is 1. The smallest absolute Gasteiger partial charge is 0.157 e. The van der Waals surface area contributed by atoms with Crippen molar-refractivity contribution in [1.29, 1.82) is 0 Å². The topological polar surface area (TPSA) is 56.2 Å². The average molecular weight is 225 g/mol. The molecule has 2 aromatic rings. The highest BCUT2D eigenvalue weighted by Gasteiger charge is 2.04. The van der Waals surface area contributed by atoms with Crippen LogP contribution in [-0.2, 0) is 6.42 Å². The first-order valence-electron chi connectivity index (χ1n) is 4.91. The zero-order valence-electron chi connectivity index (χ0n) is 8.52. The predicted molar refractivity (Wildman–Crippen MR) is 60.0 cm³/mol. The summed E-state index contributed by atoms with van der Waals surface area (Å²) in [5.41, 5.74) is 6.45. The standard InChI is InChI=1S/C10H13ClN4/c1-7(12)2-3-9-13-10-6-8(11)4-5-15(10)14-9/h4-7H,2-3,12H2,1H3. The molecule has 4 nitrogen and oxygen atoms in total. The number of nitrogens with two attached hydrogens (primary N) is 1. The van der Waals surface area contributed by atoms with Gasteiger partial charge in [0, 0.05) is 29.7 Å². The fourth-order valence-electron chi connectivity index (χ4n) is 1.37. The Morgan fingerprint density at radius 1 is 1.60 bits per heavy atom. The third-order valence-electron chi connectivity index (χ3n) is 2.17. The molecule has 0 spiro atoms. The number of hydrogen-bond donors (Lipinski definition) is 1. The molecule has 0 saturated carbocycles. The summed E-state index contributed by atoms with van der Waals surface area (Å²) >= 11 is 5.85. The Morgan fingerprint density at radius 3 is 3.13 bits per heavy atom. The molecule has 0 aromatic carbocycles. The summed E-state index contributed by atoms with van der Waals surface area (Å²) in [4.78, 5) is 4.36. The third-order valence-corrected chi connectivity index (χ3v) is 2.40. The Morgan fingerprint density at radius 2 is 2.40 bits per heavy atom. The van der Waals surface area contributed by atoms with Crippen LogP contribution in [0.5, 0.6) is 0 Å². The van der Waals surface area contributed by atoms with Crippen LogP contribution in [-0.4, -0.2) is 20.6 Å². The molecule has 0 aliphatic heterocycles. The van der Waals surface area contributed by atoms with Crippen LogP contribution >= 0.6 is 11.6 Å². The van der Waals surface area contributed by atoms with Gasteiger partial charge in [0.1, 0.15) is 0 Å². The molecule has 0 radical (unpaired) electrons. The Labute approximate surface area is 93.1 Å². The first-order chi connectivity index (χ1) is 7.15. The van der Waals surface area contributed by atoms with Crippen LogP contribution in [0.3, 0.4) is 0 Å². The van der Waals surface area contributed by atoms with E-state index in [1.54, 1.807) is 22.8 Å². The summed E-state index contributed by atoms with van der Waals surface area (Å²) in [6, 6.07) is 3.77. The second-order valence-corrected chi connectivity index (χ2v) is 4.13. The maximum Gasteiger partial charge on any atom is 0.157 e. The quantitative estimate of drug-likeness (QED) is 0.863. The van der Waals surface area contributed by atoms with Gasteiger partial charge in [0.05, 0.1) is 0 Å². The lowest BCUT2D eigenvalue weighted by atomic mass is 10.2. The van der Waals surface area contributed by atoms with Gasteiger partial charge in [0.25, 0.3) is 0 Å². The van der Waals surface area contributed by atoms with Gasteiger partial charge in [-0.15, -0.1) is 0 Å². The molecule has 2 N–H and O–H groups in total. The maximum absolute atomic E-state index is 5.85. The van der Waals surface area contributed by atoms with E-state index in [0.717, 1.165) is 24.3 Å². The maximum atomic E-state index is 5.85. The molecule has 15 heavy (non-hydrogen) atoms. The van der Waals surface area contributed by atoms with Crippen molar-refractivity contribution < 1.29 is 0 Å². The van der Waals surface area contributed by atoms with Gasteiger partial charge >= 0.3 is 0 Å². The molecule has 0 fully saturated rings. The summed E-state index contributed by atoms with van der Waals surface area (Å²) in [6.45, 7) is 1.98. The van der Waals surface area contributed by atoms with Crippen LogP contribution in [0.15, 0.2) is 18.3 Å². The monoisotopic (exact) mass is 224 g/mol. The molecule has 5 heteroatoms. The third kappa shape index (κ3) is 2.46. The molecule has 0 bridgehead atoms. The van der Waals surface area contributed by atoms with Gasteiger partial charge in [-0.1, -0.05) is 11.6 Å². The number of halogens is 1. The van der Waals surface area contributed by atoms with E-state index in [9.17, 15) is 0 Å². The van der Waals surface area contributed by atoms with Crippen LogP contribution < -0.4 is 5.73 Å². The van der Waals surface area contributed by atoms with Gasteiger partial charge < -0.3 is 5.73 Å². The number of pyridine rings is 1. The largest absolute Gasteiger partial charge is 0.328 e. The lowest BCUT2D eigenvalue weighted by Gasteiger charge is -1.99. The fraction of sp³-hybridized carbons (Fsp3) is 0.400. The van der Waals surface area contributed by atoms with Crippen molar-refractivity contribution >= 4 is 17.2 Å². The van der Waals surface area contributed by atoms with Crippen molar-refractivity contribution in [3.63, 3.8) is 0 Å². The zero-order chi connectivity index (χ0) is 10.8. The molecule has 0 aliphatic rings. The van der Waals surface area contributed by atoms with Crippen molar-refractivity contribution in [2.75, 3.05) is 0 Å². The van der Waals surface area contributed by atoms with E-state index < -0.39 is 0 Å². The minimum atomic E-state index is 0.181. The Balaban J connectivity index is 2.23. The predicted octanol–water partition coefficient (Wildman–Crippen LogP) is 1.66. The molecule has 1 unspecified atom stereocenters. The highest BCUT2D eigenvalue weighted by Crippen LogP contribution is 2.11. The second kappa shape index (κ2) is 4.16. The summed E-state index contributed by atoms with van der Waals surface area (Å²) in [6.07, 6.45) is 3.50. The molecular weight excluding hydrogens is 212 g/mol. The molecule has 2 heterocycles. The summed E-state index contributed by atoms with van der Waals surface area (Å²) in [5, 5.41) is 4.99. The van der Waals surface area contributed by atoms with Crippen molar-refractivity contribution in [1.82, 2.24) is 14.6 Å². The van der Waals surface area contributed by atoms with E-state index in [4.69, 9.17) is 17.3 Å². The first kappa shape index (κ1) is 10.4. The number of hydrogen-bond acceptors (Lipinski definition) is 3. The van der Waals surface area contributed by atoms with Crippen molar-refractivity contribution in [2.45, 2.75) is 25.8 Å². The van der Waals surface area contributed by atoms with Gasteiger partial charge in [0.2, 0.25) is 0 Å². The fourth-order valence-corrected chi connectivity index (χ4v) is 1.52. The Hall–Kier alpha value is -1.13. The van der Waals surface area contributed by atoms with E-state index in [2.05, 4.69) is 10.1 Å². The van der Waals surface area contributed by atoms with Crippen LogP contribution in [0, 0.1) is 0 Å². The van der Waals surface area contributed by atoms with Crippen molar-refractivity contribution in [3.05, 3.63) is 29.2 Å². The van der Waals surface area contributed by atoms with Crippen LogP contribution in [0.1, 0.15) is 19.2 Å².